The average molecular weight is 150 g/mol. The number of carbonyl (C=O) groups is 2. The number of amides is 4. The summed E-state index contributed by atoms with van der Waals surface area (Å²) < 4.78 is 0. The van der Waals surface area contributed by atoms with Crippen LogP contribution in [-0.4, -0.2) is 17.7 Å². The van der Waals surface area contributed by atoms with E-state index >= 15 is 0 Å². The van der Waals surface area contributed by atoms with Gasteiger partial charge in [-0.1, -0.05) is 11.6 Å². The summed E-state index contributed by atoms with van der Waals surface area (Å²) >= 11 is 5.30. The Labute approximate surface area is 55.7 Å². The van der Waals surface area contributed by atoms with E-state index < -0.39 is 17.7 Å². The van der Waals surface area contributed by atoms with Crippen molar-refractivity contribution in [2.45, 2.75) is 5.62 Å². The van der Waals surface area contributed by atoms with Crippen molar-refractivity contribution >= 4 is 23.7 Å². The van der Waals surface area contributed by atoms with Crippen LogP contribution in [0.3, 0.4) is 0 Å². The van der Waals surface area contributed by atoms with Crippen LogP contribution in [0.1, 0.15) is 0 Å². The van der Waals surface area contributed by atoms with E-state index in [-0.39, 0.29) is 0 Å². The smallest absolute Gasteiger partial charge is 0.304 e. The first-order valence-corrected chi connectivity index (χ1v) is 2.64. The van der Waals surface area contributed by atoms with Gasteiger partial charge >= 0.3 is 12.1 Å². The Morgan fingerprint density at radius 3 is 2.00 bits per heavy atom. The second kappa shape index (κ2) is 2.10. The van der Waals surface area contributed by atoms with Gasteiger partial charge in [0, 0.05) is 0 Å². The summed E-state index contributed by atoms with van der Waals surface area (Å²) in [6.07, 6.45) is 0. The standard InChI is InChI=1S/C3H4ClN3O2/c4-1-5-2(8)7-3(9)6-1/h1H,(H3,5,6,7,8,9). The molecule has 0 aromatic carbocycles. The summed E-state index contributed by atoms with van der Waals surface area (Å²) in [7, 11) is 0. The highest BCUT2D eigenvalue weighted by Gasteiger charge is 2.19. The molecular weight excluding hydrogens is 146 g/mol. The number of urea groups is 2. The molecule has 0 atom stereocenters. The number of rotatable bonds is 0. The third-order valence-corrected chi connectivity index (χ3v) is 0.961. The lowest BCUT2D eigenvalue weighted by atomic mass is 10.7. The highest BCUT2D eigenvalue weighted by atomic mass is 35.5. The molecule has 0 aliphatic carbocycles. The third-order valence-electron chi connectivity index (χ3n) is 0.743. The monoisotopic (exact) mass is 149 g/mol. The van der Waals surface area contributed by atoms with Gasteiger partial charge in [-0.2, -0.15) is 0 Å². The molecule has 1 rings (SSSR count). The fourth-order valence-corrected chi connectivity index (χ4v) is 0.640. The van der Waals surface area contributed by atoms with Gasteiger partial charge in [-0.3, -0.25) is 5.32 Å². The van der Waals surface area contributed by atoms with Crippen LogP contribution in [0.5, 0.6) is 0 Å². The molecule has 0 saturated carbocycles. The fourth-order valence-electron chi connectivity index (χ4n) is 0.442. The van der Waals surface area contributed by atoms with Gasteiger partial charge in [-0.15, -0.1) is 0 Å². The van der Waals surface area contributed by atoms with Crippen LogP contribution < -0.4 is 16.0 Å². The number of carbonyl (C=O) groups excluding carboxylic acids is 2. The quantitative estimate of drug-likeness (QED) is 0.322. The zero-order valence-electron chi connectivity index (χ0n) is 4.27. The van der Waals surface area contributed by atoms with Gasteiger partial charge in [0.05, 0.1) is 0 Å². The van der Waals surface area contributed by atoms with Crippen molar-refractivity contribution < 1.29 is 9.59 Å². The SMILES string of the molecule is O=C1NC(=O)NC(Cl)N1. The summed E-state index contributed by atoms with van der Waals surface area (Å²) in [5.41, 5.74) is -0.800. The van der Waals surface area contributed by atoms with Crippen molar-refractivity contribution in [1.29, 1.82) is 0 Å². The molecular formula is C3H4ClN3O2. The van der Waals surface area contributed by atoms with Crippen molar-refractivity contribution in [2.24, 2.45) is 0 Å². The van der Waals surface area contributed by atoms with Crippen LogP contribution >= 0.6 is 11.6 Å². The maximum Gasteiger partial charge on any atom is 0.325 e. The molecule has 0 aromatic heterocycles. The van der Waals surface area contributed by atoms with Crippen molar-refractivity contribution in [1.82, 2.24) is 16.0 Å². The summed E-state index contributed by atoms with van der Waals surface area (Å²) in [6.45, 7) is 0. The second-order valence-corrected chi connectivity index (χ2v) is 1.87. The molecule has 1 aliphatic rings. The van der Waals surface area contributed by atoms with Gasteiger partial charge in [-0.05, 0) is 0 Å². The van der Waals surface area contributed by atoms with Crippen molar-refractivity contribution in [3.05, 3.63) is 0 Å². The van der Waals surface area contributed by atoms with Crippen LogP contribution in [0.2, 0.25) is 0 Å². The van der Waals surface area contributed by atoms with Crippen LogP contribution in [-0.2, 0) is 0 Å². The Bertz CT molecular complexity index is 143. The largest absolute Gasteiger partial charge is 0.325 e. The molecule has 9 heavy (non-hydrogen) atoms. The molecule has 0 bridgehead atoms. The predicted molar refractivity (Wildman–Crippen MR) is 29.8 cm³/mol. The molecule has 0 aromatic rings. The first-order valence-electron chi connectivity index (χ1n) is 2.20. The molecule has 3 N–H and O–H groups in total. The lowest BCUT2D eigenvalue weighted by Crippen LogP contribution is -2.59. The molecule has 4 amide bonds. The van der Waals surface area contributed by atoms with E-state index in [1.54, 1.807) is 0 Å². The van der Waals surface area contributed by atoms with Crippen LogP contribution in [0.25, 0.3) is 0 Å². The molecule has 1 aliphatic heterocycles. The number of imide groups is 1. The van der Waals surface area contributed by atoms with Gasteiger partial charge in [0.25, 0.3) is 0 Å². The second-order valence-electron chi connectivity index (χ2n) is 1.43. The average Bonchev–Trinajstić information content (AvgIpc) is 1.59. The summed E-state index contributed by atoms with van der Waals surface area (Å²) in [5, 5.41) is 6.31. The van der Waals surface area contributed by atoms with Crippen LogP contribution in [0.4, 0.5) is 9.59 Å². The van der Waals surface area contributed by atoms with E-state index in [1.165, 1.54) is 0 Å². The molecule has 0 radical (unpaired) electrons. The molecule has 6 heteroatoms. The van der Waals surface area contributed by atoms with E-state index in [2.05, 4.69) is 10.6 Å². The van der Waals surface area contributed by atoms with E-state index in [0.29, 0.717) is 0 Å². The zero-order chi connectivity index (χ0) is 6.85. The van der Waals surface area contributed by atoms with Crippen LogP contribution in [0.15, 0.2) is 0 Å². The summed E-state index contributed by atoms with van der Waals surface area (Å²) in [5.74, 6) is 0. The fraction of sp³-hybridized carbons (Fsp3) is 0.333. The molecule has 50 valence electrons. The van der Waals surface area contributed by atoms with E-state index in [0.717, 1.165) is 0 Å². The normalized spacial score (nSPS) is 20.1. The van der Waals surface area contributed by atoms with Crippen molar-refractivity contribution in [2.75, 3.05) is 0 Å². The van der Waals surface area contributed by atoms with E-state index in [1.807, 2.05) is 5.32 Å². The minimum absolute atomic E-state index is 0.584. The topological polar surface area (TPSA) is 70.2 Å². The number of nitrogens with one attached hydrogen (secondary N) is 3. The molecule has 5 nitrogen and oxygen atoms in total. The van der Waals surface area contributed by atoms with Crippen LogP contribution in [0, 0.1) is 0 Å². The highest BCUT2D eigenvalue weighted by Crippen LogP contribution is 1.88. The Hall–Kier alpha value is -0.970. The third kappa shape index (κ3) is 1.46. The van der Waals surface area contributed by atoms with Gasteiger partial charge in [0.15, 0.2) is 5.62 Å². The molecule has 0 unspecified atom stereocenters. The van der Waals surface area contributed by atoms with E-state index in [9.17, 15) is 9.59 Å². The number of alkyl halides is 1. The zero-order valence-corrected chi connectivity index (χ0v) is 5.03. The number of halogens is 1. The Morgan fingerprint density at radius 2 is 1.67 bits per heavy atom. The van der Waals surface area contributed by atoms with Crippen molar-refractivity contribution in [3.63, 3.8) is 0 Å². The van der Waals surface area contributed by atoms with Gasteiger partial charge in [0.2, 0.25) is 0 Å². The maximum atomic E-state index is 10.3. The lowest BCUT2D eigenvalue weighted by molar-refractivity contribution is 0.216. The minimum atomic E-state index is -0.800. The van der Waals surface area contributed by atoms with Gasteiger partial charge in [-0.25, -0.2) is 9.59 Å². The first-order chi connectivity index (χ1) is 4.18. The molecule has 1 fully saturated rings. The maximum absolute atomic E-state index is 10.3. The molecule has 1 saturated heterocycles. The predicted octanol–water partition coefficient (Wildman–Crippen LogP) is -0.469. The Kier molecular flexibility index (Phi) is 1.44. The molecule has 0 spiro atoms. The summed E-state index contributed by atoms with van der Waals surface area (Å²) in [6, 6.07) is -1.17. The first kappa shape index (κ1) is 6.15. The Balaban J connectivity index is 2.53. The lowest BCUT2D eigenvalue weighted by Gasteiger charge is -2.18. The number of hydrogen-bond acceptors (Lipinski definition) is 2. The minimum Gasteiger partial charge on any atom is -0.304 e. The number of hydrogen-bond donors (Lipinski definition) is 3. The highest BCUT2D eigenvalue weighted by molar-refractivity contribution is 6.23. The van der Waals surface area contributed by atoms with E-state index in [4.69, 9.17) is 11.6 Å². The molecule has 1 heterocycles. The summed E-state index contributed by atoms with van der Waals surface area (Å²) in [4.78, 5) is 20.6. The van der Waals surface area contributed by atoms with Gasteiger partial charge in [0.1, 0.15) is 0 Å². The van der Waals surface area contributed by atoms with Crippen molar-refractivity contribution in [3.8, 4) is 0 Å². The Morgan fingerprint density at radius 1 is 1.22 bits per heavy atom. The van der Waals surface area contributed by atoms with Gasteiger partial charge < -0.3 is 10.6 Å².